The van der Waals surface area contributed by atoms with E-state index in [2.05, 4.69) is 19.9 Å². The summed E-state index contributed by atoms with van der Waals surface area (Å²) in [5, 5.41) is 0.579. The van der Waals surface area contributed by atoms with Gasteiger partial charge in [0, 0.05) is 17.6 Å². The molecule has 0 spiro atoms. The zero-order valence-corrected chi connectivity index (χ0v) is 8.41. The van der Waals surface area contributed by atoms with E-state index in [0.29, 0.717) is 16.6 Å². The molecule has 0 atom stereocenters. The zero-order chi connectivity index (χ0) is 12.0. The van der Waals surface area contributed by atoms with Crippen LogP contribution in [-0.4, -0.2) is 11.3 Å². The van der Waals surface area contributed by atoms with E-state index >= 15 is 0 Å². The minimum atomic E-state index is -3.63. The summed E-state index contributed by atoms with van der Waals surface area (Å²) < 4.78 is 34.4. The van der Waals surface area contributed by atoms with Crippen LogP contribution >= 0.6 is 0 Å². The Morgan fingerprint density at radius 2 is 1.94 bits per heavy atom. The number of hydrogen-bond acceptors (Lipinski definition) is 5. The molecule has 0 radical (unpaired) electrons. The Morgan fingerprint density at radius 1 is 1.24 bits per heavy atom. The van der Waals surface area contributed by atoms with Crippen molar-refractivity contribution in [1.82, 2.24) is 4.98 Å². The first-order chi connectivity index (χ1) is 8.09. The van der Waals surface area contributed by atoms with Crippen LogP contribution in [0.15, 0.2) is 24.4 Å². The number of hydrazine groups is 1. The van der Waals surface area contributed by atoms with Crippen molar-refractivity contribution in [2.45, 2.75) is 6.29 Å². The van der Waals surface area contributed by atoms with Gasteiger partial charge < -0.3 is 14.9 Å². The molecule has 3 N–H and O–H groups in total. The van der Waals surface area contributed by atoms with Crippen LogP contribution in [-0.2, 0) is 0 Å². The van der Waals surface area contributed by atoms with E-state index in [9.17, 15) is 8.78 Å². The molecule has 0 unspecified atom stereocenters. The molecule has 0 bridgehead atoms. The number of aromatic nitrogens is 1. The average Bonchev–Trinajstić information content (AvgIpc) is 2.57. The molecule has 3 rings (SSSR count). The molecule has 1 aliphatic heterocycles. The van der Waals surface area contributed by atoms with Crippen molar-refractivity contribution < 1.29 is 18.3 Å². The summed E-state index contributed by atoms with van der Waals surface area (Å²) in [6.45, 7) is 0. The van der Waals surface area contributed by atoms with E-state index < -0.39 is 6.29 Å². The van der Waals surface area contributed by atoms with Gasteiger partial charge in [0.15, 0.2) is 11.5 Å². The van der Waals surface area contributed by atoms with Gasteiger partial charge >= 0.3 is 6.29 Å². The number of nitrogens with two attached hydrogens (primary N) is 1. The number of fused-ring (bicyclic) bond motifs is 2. The highest BCUT2D eigenvalue weighted by atomic mass is 19.3. The Kier molecular flexibility index (Phi) is 1.87. The molecule has 88 valence electrons. The van der Waals surface area contributed by atoms with Crippen LogP contribution in [0.25, 0.3) is 10.9 Å². The van der Waals surface area contributed by atoms with Crippen LogP contribution < -0.4 is 20.7 Å². The molecule has 0 fully saturated rings. The maximum atomic E-state index is 12.9. The molecular formula is C10H7F2N3O2. The molecule has 0 saturated heterocycles. The number of anilines is 1. The summed E-state index contributed by atoms with van der Waals surface area (Å²) in [4.78, 5) is 4.04. The third-order valence-corrected chi connectivity index (χ3v) is 2.42. The maximum Gasteiger partial charge on any atom is 0.586 e. The van der Waals surface area contributed by atoms with Crippen molar-refractivity contribution in [3.63, 3.8) is 0 Å². The molecule has 1 aromatic heterocycles. The van der Waals surface area contributed by atoms with E-state index in [4.69, 9.17) is 5.84 Å². The van der Waals surface area contributed by atoms with Crippen LogP contribution in [0.1, 0.15) is 0 Å². The number of alkyl halides is 2. The molecule has 1 aromatic carbocycles. The van der Waals surface area contributed by atoms with Crippen molar-refractivity contribution in [3.8, 4) is 11.5 Å². The first-order valence-corrected chi connectivity index (χ1v) is 4.74. The van der Waals surface area contributed by atoms with Gasteiger partial charge in [0.1, 0.15) is 0 Å². The van der Waals surface area contributed by atoms with E-state index in [-0.39, 0.29) is 11.5 Å². The van der Waals surface area contributed by atoms with Crippen molar-refractivity contribution in [2.75, 3.05) is 5.43 Å². The summed E-state index contributed by atoms with van der Waals surface area (Å²) in [5.41, 5.74) is 3.51. The summed E-state index contributed by atoms with van der Waals surface area (Å²) in [6.07, 6.45) is -2.12. The van der Waals surface area contributed by atoms with Gasteiger partial charge in [-0.15, -0.1) is 8.78 Å². The quantitative estimate of drug-likeness (QED) is 0.587. The second kappa shape index (κ2) is 3.17. The fraction of sp³-hybridized carbons (Fsp3) is 0.100. The molecule has 17 heavy (non-hydrogen) atoms. The highest BCUT2D eigenvalue weighted by molar-refractivity contribution is 5.93. The Morgan fingerprint density at radius 3 is 2.65 bits per heavy atom. The van der Waals surface area contributed by atoms with E-state index in [0.717, 1.165) is 0 Å². The van der Waals surface area contributed by atoms with Crippen LogP contribution in [0.2, 0.25) is 0 Å². The maximum absolute atomic E-state index is 12.9. The normalized spacial score (nSPS) is 16.2. The monoisotopic (exact) mass is 239 g/mol. The van der Waals surface area contributed by atoms with Crippen molar-refractivity contribution in [2.24, 2.45) is 5.84 Å². The Balaban J connectivity index is 2.23. The second-order valence-electron chi connectivity index (χ2n) is 3.49. The fourth-order valence-corrected chi connectivity index (χ4v) is 1.72. The smallest absolute Gasteiger partial charge is 0.395 e. The lowest BCUT2D eigenvalue weighted by atomic mass is 10.1. The Bertz CT molecular complexity index is 603. The summed E-state index contributed by atoms with van der Waals surface area (Å²) >= 11 is 0. The predicted octanol–water partition coefficient (Wildman–Crippen LogP) is 1.84. The first-order valence-electron chi connectivity index (χ1n) is 4.74. The third kappa shape index (κ3) is 1.51. The van der Waals surface area contributed by atoms with Crippen molar-refractivity contribution in [3.05, 3.63) is 24.4 Å². The van der Waals surface area contributed by atoms with Gasteiger partial charge in [-0.2, -0.15) is 0 Å². The number of halogens is 2. The standard InChI is InChI=1S/C10H7F2N3O2/c11-10(12)16-8-3-5-6(15-13)1-2-14-7(5)4-9(8)17-10/h1-4H,13H2,(H,14,15). The highest BCUT2D eigenvalue weighted by Gasteiger charge is 2.43. The van der Waals surface area contributed by atoms with Gasteiger partial charge in [-0.1, -0.05) is 0 Å². The number of nitrogen functional groups attached to an aromatic ring is 1. The number of ether oxygens (including phenoxy) is 2. The molecular weight excluding hydrogens is 232 g/mol. The van der Waals surface area contributed by atoms with Crippen molar-refractivity contribution in [1.29, 1.82) is 0 Å². The van der Waals surface area contributed by atoms with Crippen LogP contribution in [0, 0.1) is 0 Å². The molecule has 2 aromatic rings. The number of benzene rings is 1. The van der Waals surface area contributed by atoms with Crippen LogP contribution in [0.3, 0.4) is 0 Å². The lowest BCUT2D eigenvalue weighted by Gasteiger charge is -2.05. The molecule has 1 aliphatic rings. The summed E-state index contributed by atoms with van der Waals surface area (Å²) in [7, 11) is 0. The Hall–Kier alpha value is -2.15. The van der Waals surface area contributed by atoms with Gasteiger partial charge in [-0.25, -0.2) is 0 Å². The number of nitrogens with zero attached hydrogens (tertiary/aromatic N) is 1. The Labute approximate surface area is 94.1 Å². The van der Waals surface area contributed by atoms with E-state index in [1.165, 1.54) is 18.3 Å². The number of hydrogen-bond donors (Lipinski definition) is 2. The predicted molar refractivity (Wildman–Crippen MR) is 55.8 cm³/mol. The minimum absolute atomic E-state index is 0.0352. The largest absolute Gasteiger partial charge is 0.586 e. The highest BCUT2D eigenvalue weighted by Crippen LogP contribution is 2.43. The molecule has 5 nitrogen and oxygen atoms in total. The molecule has 7 heteroatoms. The van der Waals surface area contributed by atoms with Gasteiger partial charge in [0.2, 0.25) is 0 Å². The average molecular weight is 239 g/mol. The zero-order valence-electron chi connectivity index (χ0n) is 8.41. The van der Waals surface area contributed by atoms with Crippen LogP contribution in [0.4, 0.5) is 14.5 Å². The number of nitrogens with one attached hydrogen (secondary N) is 1. The summed E-state index contributed by atoms with van der Waals surface area (Å²) in [6, 6.07) is 4.42. The second-order valence-corrected chi connectivity index (χ2v) is 3.49. The van der Waals surface area contributed by atoms with Crippen molar-refractivity contribution >= 4 is 16.6 Å². The van der Waals surface area contributed by atoms with E-state index in [1.807, 2.05) is 0 Å². The van der Waals surface area contributed by atoms with Gasteiger partial charge in [-0.3, -0.25) is 10.8 Å². The lowest BCUT2D eigenvalue weighted by molar-refractivity contribution is -0.286. The molecule has 0 aliphatic carbocycles. The fourth-order valence-electron chi connectivity index (χ4n) is 1.72. The lowest BCUT2D eigenvalue weighted by Crippen LogP contribution is -2.25. The SMILES string of the molecule is NNc1ccnc2cc3c(cc12)OC(F)(F)O3. The first kappa shape index (κ1) is 10.0. The topological polar surface area (TPSA) is 69.4 Å². The summed E-state index contributed by atoms with van der Waals surface area (Å²) in [5.74, 6) is 5.24. The van der Waals surface area contributed by atoms with Gasteiger partial charge in [0.05, 0.1) is 11.2 Å². The number of rotatable bonds is 1. The minimum Gasteiger partial charge on any atom is -0.395 e. The van der Waals surface area contributed by atoms with E-state index in [1.54, 1.807) is 6.07 Å². The molecule has 2 heterocycles. The van der Waals surface area contributed by atoms with Crippen LogP contribution in [0.5, 0.6) is 11.5 Å². The number of pyridine rings is 1. The van der Waals surface area contributed by atoms with Gasteiger partial charge in [-0.05, 0) is 12.1 Å². The molecule has 0 saturated carbocycles. The third-order valence-electron chi connectivity index (χ3n) is 2.42. The van der Waals surface area contributed by atoms with Gasteiger partial charge in [0.25, 0.3) is 0 Å². The molecule has 0 amide bonds.